The van der Waals surface area contributed by atoms with Gasteiger partial charge in [-0.15, -0.1) is 0 Å². The molecule has 0 saturated carbocycles. The van der Waals surface area contributed by atoms with Crippen molar-refractivity contribution in [3.05, 3.63) is 40.2 Å². The maximum atomic E-state index is 13.0. The van der Waals surface area contributed by atoms with E-state index in [2.05, 4.69) is 22.1 Å². The Bertz CT molecular complexity index is 1110. The first-order chi connectivity index (χ1) is 15.3. The van der Waals surface area contributed by atoms with Crippen molar-refractivity contribution < 1.29 is 13.2 Å². The van der Waals surface area contributed by atoms with Gasteiger partial charge in [0.05, 0.1) is 4.90 Å². The number of hydrogen-bond donors (Lipinski definition) is 2. The van der Waals surface area contributed by atoms with Crippen LogP contribution in [-0.4, -0.2) is 67.3 Å². The second kappa shape index (κ2) is 10.6. The van der Waals surface area contributed by atoms with Crippen LogP contribution < -0.4 is 10.7 Å². The third kappa shape index (κ3) is 5.22. The van der Waals surface area contributed by atoms with E-state index in [0.717, 1.165) is 19.5 Å². The van der Waals surface area contributed by atoms with Crippen molar-refractivity contribution in [2.75, 3.05) is 32.7 Å². The Morgan fingerprint density at radius 3 is 2.69 bits per heavy atom. The Morgan fingerprint density at radius 2 is 2.00 bits per heavy atom. The minimum absolute atomic E-state index is 0.0128. The third-order valence-electron chi connectivity index (χ3n) is 6.29. The standard InChI is InChI=1S/C23H34N4O4S/c1-4-27(5-2)32(30,31)18-10-11-21-19(15-18)22(28)20(16-25-21)23(29)24-12-8-14-26-13-7-6-9-17(26)3/h10-11,15-17H,4-9,12-14H2,1-3H3,(H,24,29)(H,25,28)/t17-/m1/s1. The molecular formula is C23H34N4O4S. The fourth-order valence-corrected chi connectivity index (χ4v) is 5.79. The summed E-state index contributed by atoms with van der Waals surface area (Å²) in [5, 5.41) is 3.02. The fourth-order valence-electron chi connectivity index (χ4n) is 4.31. The van der Waals surface area contributed by atoms with Crippen LogP contribution in [0.3, 0.4) is 0 Å². The van der Waals surface area contributed by atoms with Gasteiger partial charge in [-0.2, -0.15) is 4.31 Å². The zero-order valence-corrected chi connectivity index (χ0v) is 20.0. The van der Waals surface area contributed by atoms with Crippen LogP contribution in [0.4, 0.5) is 0 Å². The summed E-state index contributed by atoms with van der Waals surface area (Å²) in [6.07, 6.45) is 5.91. The molecule has 1 atom stereocenters. The van der Waals surface area contributed by atoms with Crippen LogP contribution in [0.5, 0.6) is 0 Å². The number of amides is 1. The highest BCUT2D eigenvalue weighted by Gasteiger charge is 2.23. The molecule has 0 aliphatic carbocycles. The van der Waals surface area contributed by atoms with E-state index in [0.29, 0.717) is 31.2 Å². The lowest BCUT2D eigenvalue weighted by Crippen LogP contribution is -2.39. The summed E-state index contributed by atoms with van der Waals surface area (Å²) in [7, 11) is -3.70. The summed E-state index contributed by atoms with van der Waals surface area (Å²) in [5.74, 6) is -0.447. The number of carbonyl (C=O) groups excluding carboxylic acids is 1. The number of fused-ring (bicyclic) bond motifs is 1. The number of nitrogens with one attached hydrogen (secondary N) is 2. The molecule has 2 N–H and O–H groups in total. The number of nitrogens with zero attached hydrogens (tertiary/aromatic N) is 2. The van der Waals surface area contributed by atoms with E-state index in [4.69, 9.17) is 0 Å². The second-order valence-electron chi connectivity index (χ2n) is 8.32. The molecule has 0 radical (unpaired) electrons. The first-order valence-electron chi connectivity index (χ1n) is 11.5. The number of aromatic amines is 1. The molecule has 0 unspecified atom stereocenters. The van der Waals surface area contributed by atoms with Gasteiger partial charge in [-0.25, -0.2) is 8.42 Å². The van der Waals surface area contributed by atoms with Crippen LogP contribution in [0.15, 0.2) is 34.1 Å². The van der Waals surface area contributed by atoms with E-state index in [9.17, 15) is 18.0 Å². The van der Waals surface area contributed by atoms with Crippen molar-refractivity contribution in [3.63, 3.8) is 0 Å². The molecule has 1 saturated heterocycles. The number of benzene rings is 1. The molecule has 1 aliphatic rings. The van der Waals surface area contributed by atoms with Gasteiger partial charge in [-0.1, -0.05) is 20.3 Å². The summed E-state index contributed by atoms with van der Waals surface area (Å²) in [4.78, 5) is 31.1. The highest BCUT2D eigenvalue weighted by molar-refractivity contribution is 7.89. The van der Waals surface area contributed by atoms with Crippen molar-refractivity contribution in [1.29, 1.82) is 0 Å². The molecule has 1 fully saturated rings. The number of aromatic nitrogens is 1. The molecule has 2 aromatic rings. The van der Waals surface area contributed by atoms with Crippen molar-refractivity contribution >= 4 is 26.8 Å². The highest BCUT2D eigenvalue weighted by Crippen LogP contribution is 2.20. The molecule has 0 bridgehead atoms. The van der Waals surface area contributed by atoms with Gasteiger partial charge in [0.2, 0.25) is 15.5 Å². The van der Waals surface area contributed by atoms with Crippen LogP contribution >= 0.6 is 0 Å². The Morgan fingerprint density at radius 1 is 1.25 bits per heavy atom. The smallest absolute Gasteiger partial charge is 0.256 e. The molecule has 1 amide bonds. The van der Waals surface area contributed by atoms with Gasteiger partial charge >= 0.3 is 0 Å². The zero-order chi connectivity index (χ0) is 23.3. The fraction of sp³-hybridized carbons (Fsp3) is 0.565. The van der Waals surface area contributed by atoms with Crippen molar-refractivity contribution in [2.45, 2.75) is 57.4 Å². The number of piperidine rings is 1. The largest absolute Gasteiger partial charge is 0.360 e. The first kappa shape index (κ1) is 24.4. The molecule has 9 heteroatoms. The average Bonchev–Trinajstić information content (AvgIpc) is 2.78. The topological polar surface area (TPSA) is 103 Å². The third-order valence-corrected chi connectivity index (χ3v) is 8.33. The molecule has 176 valence electrons. The predicted octanol–water partition coefficient (Wildman–Crippen LogP) is 2.55. The van der Waals surface area contributed by atoms with E-state index in [1.807, 2.05) is 0 Å². The summed E-state index contributed by atoms with van der Waals surface area (Å²) in [6.45, 7) is 8.95. The van der Waals surface area contributed by atoms with Gasteiger partial charge in [0, 0.05) is 49.3 Å². The minimum Gasteiger partial charge on any atom is -0.360 e. The van der Waals surface area contributed by atoms with E-state index in [1.54, 1.807) is 19.9 Å². The van der Waals surface area contributed by atoms with Gasteiger partial charge < -0.3 is 15.2 Å². The van der Waals surface area contributed by atoms with Gasteiger partial charge in [0.25, 0.3) is 5.91 Å². The number of carbonyl (C=O) groups is 1. The number of sulfonamides is 1. The summed E-state index contributed by atoms with van der Waals surface area (Å²) < 4.78 is 27.0. The molecule has 3 rings (SSSR count). The summed E-state index contributed by atoms with van der Waals surface area (Å²) >= 11 is 0. The van der Waals surface area contributed by atoms with E-state index in [-0.39, 0.29) is 15.8 Å². The first-order valence-corrected chi connectivity index (χ1v) is 12.9. The Balaban J connectivity index is 1.73. The molecule has 1 aromatic heterocycles. The normalized spacial score (nSPS) is 17.7. The van der Waals surface area contributed by atoms with Gasteiger partial charge in [-0.05, 0) is 50.9 Å². The van der Waals surface area contributed by atoms with E-state index >= 15 is 0 Å². The Kier molecular flexibility index (Phi) is 8.08. The molecule has 2 heterocycles. The van der Waals surface area contributed by atoms with Crippen LogP contribution in [0, 0.1) is 0 Å². The van der Waals surface area contributed by atoms with Crippen molar-refractivity contribution in [3.8, 4) is 0 Å². The van der Waals surface area contributed by atoms with E-state index < -0.39 is 21.4 Å². The molecule has 1 aliphatic heterocycles. The quantitative estimate of drug-likeness (QED) is 0.558. The average molecular weight is 463 g/mol. The maximum Gasteiger partial charge on any atom is 0.256 e. The summed E-state index contributed by atoms with van der Waals surface area (Å²) in [6, 6.07) is 4.97. The number of likely N-dealkylation sites (tertiary alicyclic amines) is 1. The van der Waals surface area contributed by atoms with Gasteiger partial charge in [0.15, 0.2) is 0 Å². The highest BCUT2D eigenvalue weighted by atomic mass is 32.2. The Hall–Kier alpha value is -2.23. The second-order valence-corrected chi connectivity index (χ2v) is 10.3. The van der Waals surface area contributed by atoms with Gasteiger partial charge in [-0.3, -0.25) is 9.59 Å². The van der Waals surface area contributed by atoms with Crippen molar-refractivity contribution in [2.24, 2.45) is 0 Å². The lowest BCUT2D eigenvalue weighted by Gasteiger charge is -2.33. The monoisotopic (exact) mass is 462 g/mol. The zero-order valence-electron chi connectivity index (χ0n) is 19.2. The van der Waals surface area contributed by atoms with Crippen LogP contribution in [0.2, 0.25) is 0 Å². The lowest BCUT2D eigenvalue weighted by atomic mass is 10.0. The molecule has 32 heavy (non-hydrogen) atoms. The Labute approximate surface area is 190 Å². The van der Waals surface area contributed by atoms with Crippen LogP contribution in [0.1, 0.15) is 56.8 Å². The molecule has 8 nitrogen and oxygen atoms in total. The van der Waals surface area contributed by atoms with Crippen molar-refractivity contribution in [1.82, 2.24) is 19.5 Å². The number of rotatable bonds is 9. The van der Waals surface area contributed by atoms with E-state index in [1.165, 1.54) is 41.9 Å². The van der Waals surface area contributed by atoms with Gasteiger partial charge in [0.1, 0.15) is 5.56 Å². The predicted molar refractivity (Wildman–Crippen MR) is 127 cm³/mol. The van der Waals surface area contributed by atoms with Crippen LogP contribution in [-0.2, 0) is 10.0 Å². The molecule has 1 aromatic carbocycles. The number of pyridine rings is 1. The number of hydrogen-bond acceptors (Lipinski definition) is 5. The lowest BCUT2D eigenvalue weighted by molar-refractivity contribution is 0.0947. The molecular weight excluding hydrogens is 428 g/mol. The SMILES string of the molecule is CCN(CC)S(=O)(=O)c1ccc2[nH]cc(C(=O)NCCCN3CCCC[C@H]3C)c(=O)c2c1. The van der Waals surface area contributed by atoms with Crippen LogP contribution in [0.25, 0.3) is 10.9 Å². The minimum atomic E-state index is -3.70. The maximum absolute atomic E-state index is 13.0. The molecule has 0 spiro atoms. The summed E-state index contributed by atoms with van der Waals surface area (Å²) in [5.41, 5.74) is 0.00265. The number of H-pyrrole nitrogens is 1.